The number of nitrogens with zero attached hydrogens (tertiary/aromatic N) is 3. The van der Waals surface area contributed by atoms with Crippen LogP contribution in [0.3, 0.4) is 0 Å². The van der Waals surface area contributed by atoms with Crippen molar-refractivity contribution < 1.29 is 9.66 Å². The lowest BCUT2D eigenvalue weighted by Gasteiger charge is -2.11. The molecule has 0 aliphatic heterocycles. The number of nitro groups is 1. The van der Waals surface area contributed by atoms with E-state index >= 15 is 0 Å². The van der Waals surface area contributed by atoms with E-state index < -0.39 is 4.92 Å². The van der Waals surface area contributed by atoms with Gasteiger partial charge in [0.2, 0.25) is 0 Å². The number of methoxy groups -OCH3 is 1. The lowest BCUT2D eigenvalue weighted by molar-refractivity contribution is -0.384. The number of fused-ring (bicyclic) bond motifs is 1. The highest BCUT2D eigenvalue weighted by molar-refractivity contribution is 5.80. The van der Waals surface area contributed by atoms with Crippen molar-refractivity contribution in [1.29, 1.82) is 0 Å². The van der Waals surface area contributed by atoms with Crippen molar-refractivity contribution >= 4 is 28.7 Å². The molecule has 4 aromatic rings. The maximum Gasteiger partial charge on any atom is 0.271 e. The van der Waals surface area contributed by atoms with E-state index in [-0.39, 0.29) is 11.2 Å². The smallest absolute Gasteiger partial charge is 0.271 e. The molecule has 0 aliphatic carbocycles. The number of benzene rings is 3. The molecule has 4 rings (SSSR count). The van der Waals surface area contributed by atoms with Gasteiger partial charge >= 0.3 is 0 Å². The van der Waals surface area contributed by atoms with Gasteiger partial charge in [0.25, 0.3) is 11.2 Å². The molecule has 7 nitrogen and oxygen atoms in total. The molecule has 0 saturated heterocycles. The molecule has 0 amide bonds. The normalized spacial score (nSPS) is 11.1. The van der Waals surface area contributed by atoms with E-state index in [9.17, 15) is 14.9 Å². The summed E-state index contributed by atoms with van der Waals surface area (Å²) in [6, 6.07) is 20.4. The zero-order valence-electron chi connectivity index (χ0n) is 16.1. The first-order chi connectivity index (χ1) is 14.6. The molecule has 0 N–H and O–H groups in total. The van der Waals surface area contributed by atoms with E-state index in [0.717, 1.165) is 11.3 Å². The third-order valence-electron chi connectivity index (χ3n) is 4.64. The first-order valence-electron chi connectivity index (χ1n) is 9.15. The minimum atomic E-state index is -0.490. The summed E-state index contributed by atoms with van der Waals surface area (Å²) in [5.41, 5.74) is 1.43. The van der Waals surface area contributed by atoms with Crippen LogP contribution in [-0.4, -0.2) is 21.6 Å². The van der Waals surface area contributed by atoms with Crippen molar-refractivity contribution in [2.45, 2.75) is 0 Å². The molecular formula is C23H17N3O4. The van der Waals surface area contributed by atoms with Gasteiger partial charge in [-0.25, -0.2) is 4.98 Å². The van der Waals surface area contributed by atoms with Crippen LogP contribution in [0.25, 0.3) is 28.7 Å². The predicted octanol–water partition coefficient (Wildman–Crippen LogP) is 4.47. The van der Waals surface area contributed by atoms with Crippen LogP contribution in [0.1, 0.15) is 11.4 Å². The van der Waals surface area contributed by atoms with Crippen LogP contribution in [0.5, 0.6) is 5.75 Å². The minimum Gasteiger partial charge on any atom is -0.497 e. The quantitative estimate of drug-likeness (QED) is 0.365. The molecule has 1 aromatic heterocycles. The minimum absolute atomic E-state index is 0.0994. The maximum atomic E-state index is 13.2. The van der Waals surface area contributed by atoms with E-state index in [2.05, 4.69) is 4.98 Å². The molecule has 1 heterocycles. The number of hydrogen-bond acceptors (Lipinski definition) is 5. The van der Waals surface area contributed by atoms with Gasteiger partial charge in [-0.05, 0) is 42.0 Å². The van der Waals surface area contributed by atoms with Crippen molar-refractivity contribution in [3.63, 3.8) is 0 Å². The second kappa shape index (κ2) is 8.00. The molecule has 30 heavy (non-hydrogen) atoms. The summed E-state index contributed by atoms with van der Waals surface area (Å²) in [6.07, 6.45) is 3.54. The molecule has 0 unspecified atom stereocenters. The predicted molar refractivity (Wildman–Crippen MR) is 116 cm³/mol. The number of hydrogen-bond donors (Lipinski definition) is 0. The fraction of sp³-hybridized carbons (Fsp3) is 0.0435. The summed E-state index contributed by atoms with van der Waals surface area (Å²) < 4.78 is 6.55. The first kappa shape index (κ1) is 19.1. The highest BCUT2D eigenvalue weighted by Gasteiger charge is 2.14. The number of para-hydroxylation sites is 1. The van der Waals surface area contributed by atoms with Crippen molar-refractivity contribution in [2.24, 2.45) is 0 Å². The summed E-state index contributed by atoms with van der Waals surface area (Å²) in [5.74, 6) is 1.11. The van der Waals surface area contributed by atoms with Crippen molar-refractivity contribution in [1.82, 2.24) is 9.55 Å². The Kier molecular flexibility index (Phi) is 5.09. The molecule has 7 heteroatoms. The fourth-order valence-electron chi connectivity index (χ4n) is 3.14. The average molecular weight is 399 g/mol. The highest BCUT2D eigenvalue weighted by Crippen LogP contribution is 2.20. The maximum absolute atomic E-state index is 13.2. The van der Waals surface area contributed by atoms with Gasteiger partial charge in [0.1, 0.15) is 11.6 Å². The summed E-state index contributed by atoms with van der Waals surface area (Å²) in [6.45, 7) is 0. The molecule has 0 bridgehead atoms. The standard InChI is InChI=1S/C23H17N3O4/c1-30-19-12-9-16(10-13-19)11-14-22-24-21-8-3-2-7-20(21)23(27)25(22)17-5-4-6-18(15-17)26(28)29/h2-15H,1H3/b14-11+. The van der Waals surface area contributed by atoms with Crippen molar-refractivity contribution in [3.05, 3.63) is 105 Å². The third kappa shape index (κ3) is 3.68. The van der Waals surface area contributed by atoms with Gasteiger partial charge in [0.15, 0.2) is 0 Å². The fourth-order valence-corrected chi connectivity index (χ4v) is 3.14. The average Bonchev–Trinajstić information content (AvgIpc) is 2.78. The molecule has 0 fully saturated rings. The number of aromatic nitrogens is 2. The second-order valence-corrected chi connectivity index (χ2v) is 6.51. The molecule has 3 aromatic carbocycles. The Hall–Kier alpha value is -4.26. The zero-order chi connectivity index (χ0) is 21.1. The SMILES string of the molecule is COc1ccc(/C=C/c2nc3ccccc3c(=O)n2-c2cccc([N+](=O)[O-])c2)cc1. The molecule has 0 atom stereocenters. The van der Waals surface area contributed by atoms with E-state index in [1.165, 1.54) is 16.7 Å². The van der Waals surface area contributed by atoms with Gasteiger partial charge in [-0.1, -0.05) is 36.4 Å². The van der Waals surface area contributed by atoms with Crippen LogP contribution < -0.4 is 10.3 Å². The van der Waals surface area contributed by atoms with E-state index in [1.54, 1.807) is 43.5 Å². The Bertz CT molecular complexity index is 1320. The lowest BCUT2D eigenvalue weighted by Crippen LogP contribution is -2.22. The van der Waals surface area contributed by atoms with Crippen LogP contribution in [-0.2, 0) is 0 Å². The van der Waals surface area contributed by atoms with Gasteiger partial charge < -0.3 is 4.74 Å². The summed E-state index contributed by atoms with van der Waals surface area (Å²) in [7, 11) is 1.60. The monoisotopic (exact) mass is 399 g/mol. The lowest BCUT2D eigenvalue weighted by atomic mass is 10.2. The second-order valence-electron chi connectivity index (χ2n) is 6.51. The Morgan fingerprint density at radius 1 is 1.00 bits per heavy atom. The van der Waals surface area contributed by atoms with Crippen LogP contribution in [0.4, 0.5) is 5.69 Å². The largest absolute Gasteiger partial charge is 0.497 e. The Balaban J connectivity index is 1.90. The van der Waals surface area contributed by atoms with Crippen LogP contribution in [0.15, 0.2) is 77.6 Å². The number of nitro benzene ring substituents is 1. The van der Waals surface area contributed by atoms with E-state index in [0.29, 0.717) is 22.4 Å². The molecular weight excluding hydrogens is 382 g/mol. The van der Waals surface area contributed by atoms with Crippen molar-refractivity contribution in [2.75, 3.05) is 7.11 Å². The summed E-state index contributed by atoms with van der Waals surface area (Å²) >= 11 is 0. The number of ether oxygens (including phenoxy) is 1. The number of non-ortho nitro benzene ring substituents is 1. The van der Waals surface area contributed by atoms with E-state index in [1.807, 2.05) is 36.4 Å². The molecule has 0 saturated carbocycles. The van der Waals surface area contributed by atoms with Gasteiger partial charge in [-0.3, -0.25) is 19.5 Å². The summed E-state index contributed by atoms with van der Waals surface area (Å²) in [4.78, 5) is 28.6. The van der Waals surface area contributed by atoms with E-state index in [4.69, 9.17) is 4.74 Å². The summed E-state index contributed by atoms with van der Waals surface area (Å²) in [5, 5.41) is 11.6. The zero-order valence-corrected chi connectivity index (χ0v) is 16.1. The number of rotatable bonds is 5. The van der Waals surface area contributed by atoms with Crippen LogP contribution in [0.2, 0.25) is 0 Å². The Morgan fingerprint density at radius 2 is 1.77 bits per heavy atom. The van der Waals surface area contributed by atoms with Gasteiger partial charge in [-0.2, -0.15) is 0 Å². The van der Waals surface area contributed by atoms with Gasteiger partial charge in [0, 0.05) is 12.1 Å². The Labute approximate surface area is 171 Å². The Morgan fingerprint density at radius 3 is 2.50 bits per heavy atom. The van der Waals surface area contributed by atoms with Crippen molar-refractivity contribution in [3.8, 4) is 11.4 Å². The molecule has 0 aliphatic rings. The topological polar surface area (TPSA) is 87.3 Å². The van der Waals surface area contributed by atoms with Gasteiger partial charge in [-0.15, -0.1) is 0 Å². The third-order valence-corrected chi connectivity index (χ3v) is 4.64. The van der Waals surface area contributed by atoms with Crippen LogP contribution in [0, 0.1) is 10.1 Å². The first-order valence-corrected chi connectivity index (χ1v) is 9.15. The molecule has 148 valence electrons. The van der Waals surface area contributed by atoms with Gasteiger partial charge in [0.05, 0.1) is 28.6 Å². The highest BCUT2D eigenvalue weighted by atomic mass is 16.6. The molecule has 0 spiro atoms. The van der Waals surface area contributed by atoms with Crippen LogP contribution >= 0.6 is 0 Å². The molecule has 0 radical (unpaired) electrons.